The van der Waals surface area contributed by atoms with Crippen LogP contribution >= 0.6 is 11.6 Å². The number of methoxy groups -OCH3 is 1. The molecule has 4 rings (SSSR count). The molecule has 0 radical (unpaired) electrons. The summed E-state index contributed by atoms with van der Waals surface area (Å²) in [6, 6.07) is 18.3. The quantitative estimate of drug-likeness (QED) is 0.350. The first kappa shape index (κ1) is 26.6. The highest BCUT2D eigenvalue weighted by Crippen LogP contribution is 2.43. The number of carbonyl (C=O) groups is 2. The summed E-state index contributed by atoms with van der Waals surface area (Å²) in [5, 5.41) is 0.621. The normalized spacial score (nSPS) is 15.7. The molecule has 1 aliphatic heterocycles. The number of anilines is 1. The summed E-state index contributed by atoms with van der Waals surface area (Å²) in [5.74, 6) is 1.15. The fourth-order valence-corrected chi connectivity index (χ4v) is 4.63. The summed E-state index contributed by atoms with van der Waals surface area (Å²) in [4.78, 5) is 29.7. The maximum atomic E-state index is 13.6. The first-order valence-electron chi connectivity index (χ1n) is 12.6. The lowest BCUT2D eigenvalue weighted by molar-refractivity contribution is -0.118. The Kier molecular flexibility index (Phi) is 8.08. The van der Waals surface area contributed by atoms with Crippen LogP contribution in [-0.4, -0.2) is 43.5 Å². The average Bonchev–Trinajstić information content (AvgIpc) is 2.92. The van der Waals surface area contributed by atoms with Gasteiger partial charge in [-0.2, -0.15) is 0 Å². The molecule has 6 nitrogen and oxygen atoms in total. The molecule has 0 saturated heterocycles. The number of ether oxygens (including phenoxy) is 2. The lowest BCUT2D eigenvalue weighted by Gasteiger charge is -2.38. The monoisotopic (exact) mass is 520 g/mol. The van der Waals surface area contributed by atoms with Crippen LogP contribution in [-0.2, 0) is 11.2 Å². The summed E-state index contributed by atoms with van der Waals surface area (Å²) in [6.45, 7) is 6.63. The Labute approximate surface area is 223 Å². The van der Waals surface area contributed by atoms with Crippen molar-refractivity contribution in [2.45, 2.75) is 45.8 Å². The standard InChI is InChI=1S/C30H33ClN2O4/c1-6-19(3)37-27-18-25-22(16-26(27)36-5)17-28(34)33(29(25)20-8-12-23(31)13-9-20)24-14-10-21(11-15-24)30(35)32(4)7-2/h8-16,18-19,29H,6-7,17H2,1-5H3/t19-,29-/m1/s1. The Morgan fingerprint density at radius 3 is 2.35 bits per heavy atom. The fourth-order valence-electron chi connectivity index (χ4n) is 4.50. The zero-order chi connectivity index (χ0) is 26.7. The van der Waals surface area contributed by atoms with Crippen LogP contribution in [0.2, 0.25) is 5.02 Å². The maximum Gasteiger partial charge on any atom is 0.253 e. The van der Waals surface area contributed by atoms with Gasteiger partial charge in [-0.15, -0.1) is 0 Å². The van der Waals surface area contributed by atoms with Crippen molar-refractivity contribution in [3.05, 3.63) is 87.9 Å². The van der Waals surface area contributed by atoms with Crippen LogP contribution in [0.5, 0.6) is 11.5 Å². The molecule has 3 aromatic carbocycles. The summed E-state index contributed by atoms with van der Waals surface area (Å²) < 4.78 is 11.8. The van der Waals surface area contributed by atoms with Crippen LogP contribution in [0.15, 0.2) is 60.7 Å². The van der Waals surface area contributed by atoms with Gasteiger partial charge < -0.3 is 19.3 Å². The number of benzene rings is 3. The van der Waals surface area contributed by atoms with E-state index in [9.17, 15) is 9.59 Å². The summed E-state index contributed by atoms with van der Waals surface area (Å²) in [6.07, 6.45) is 1.08. The molecular weight excluding hydrogens is 488 g/mol. The highest BCUT2D eigenvalue weighted by atomic mass is 35.5. The van der Waals surface area contributed by atoms with E-state index in [-0.39, 0.29) is 24.3 Å². The van der Waals surface area contributed by atoms with E-state index in [1.807, 2.05) is 62.4 Å². The molecule has 0 unspecified atom stereocenters. The third-order valence-corrected chi connectivity index (χ3v) is 7.14. The van der Waals surface area contributed by atoms with Crippen molar-refractivity contribution in [3.63, 3.8) is 0 Å². The molecular formula is C30H33ClN2O4. The molecule has 37 heavy (non-hydrogen) atoms. The number of halogens is 1. The first-order chi connectivity index (χ1) is 17.8. The lowest BCUT2D eigenvalue weighted by Crippen LogP contribution is -2.41. The highest BCUT2D eigenvalue weighted by Gasteiger charge is 2.36. The minimum absolute atomic E-state index is 0.00795. The van der Waals surface area contributed by atoms with Gasteiger partial charge in [0.1, 0.15) is 0 Å². The van der Waals surface area contributed by atoms with Gasteiger partial charge in [0.15, 0.2) is 11.5 Å². The topological polar surface area (TPSA) is 59.1 Å². The van der Waals surface area contributed by atoms with E-state index >= 15 is 0 Å². The molecule has 194 valence electrons. The maximum absolute atomic E-state index is 13.6. The number of fused-ring (bicyclic) bond motifs is 1. The average molecular weight is 521 g/mol. The molecule has 3 aromatic rings. The van der Waals surface area contributed by atoms with Crippen molar-refractivity contribution >= 4 is 29.1 Å². The molecule has 0 aromatic heterocycles. The van der Waals surface area contributed by atoms with Crippen molar-refractivity contribution in [2.75, 3.05) is 25.6 Å². The van der Waals surface area contributed by atoms with Gasteiger partial charge in [0.25, 0.3) is 5.91 Å². The van der Waals surface area contributed by atoms with Crippen LogP contribution in [0, 0.1) is 0 Å². The minimum Gasteiger partial charge on any atom is -0.493 e. The van der Waals surface area contributed by atoms with Crippen molar-refractivity contribution in [2.24, 2.45) is 0 Å². The van der Waals surface area contributed by atoms with E-state index in [0.29, 0.717) is 34.3 Å². The van der Waals surface area contributed by atoms with Gasteiger partial charge in [0.2, 0.25) is 5.91 Å². The molecule has 2 atom stereocenters. The molecule has 0 N–H and O–H groups in total. The molecule has 0 saturated carbocycles. The van der Waals surface area contributed by atoms with Gasteiger partial charge in [-0.25, -0.2) is 0 Å². The van der Waals surface area contributed by atoms with Crippen LogP contribution in [0.1, 0.15) is 60.3 Å². The fraction of sp³-hybridized carbons (Fsp3) is 0.333. The Balaban J connectivity index is 1.84. The van der Waals surface area contributed by atoms with Crippen molar-refractivity contribution in [1.82, 2.24) is 4.90 Å². The number of hydrogen-bond donors (Lipinski definition) is 0. The van der Waals surface area contributed by atoms with Crippen molar-refractivity contribution < 1.29 is 19.1 Å². The second kappa shape index (κ2) is 11.3. The highest BCUT2D eigenvalue weighted by molar-refractivity contribution is 6.30. The number of amides is 2. The molecule has 0 spiro atoms. The Morgan fingerprint density at radius 2 is 1.76 bits per heavy atom. The van der Waals surface area contributed by atoms with E-state index in [2.05, 4.69) is 6.92 Å². The zero-order valence-electron chi connectivity index (χ0n) is 22.0. The van der Waals surface area contributed by atoms with Gasteiger partial charge in [-0.1, -0.05) is 30.7 Å². The van der Waals surface area contributed by atoms with Gasteiger partial charge in [-0.3, -0.25) is 9.59 Å². The smallest absolute Gasteiger partial charge is 0.253 e. The van der Waals surface area contributed by atoms with Crippen LogP contribution in [0.4, 0.5) is 5.69 Å². The molecule has 7 heteroatoms. The SMILES string of the molecule is CC[C@@H](C)Oc1cc2c(cc1OC)CC(=O)N(c1ccc(C(=O)N(C)CC)cc1)[C@@H]2c1ccc(Cl)cc1. The Morgan fingerprint density at radius 1 is 1.08 bits per heavy atom. The summed E-state index contributed by atoms with van der Waals surface area (Å²) >= 11 is 6.20. The van der Waals surface area contributed by atoms with E-state index < -0.39 is 6.04 Å². The summed E-state index contributed by atoms with van der Waals surface area (Å²) in [7, 11) is 3.38. The predicted molar refractivity (Wildman–Crippen MR) is 147 cm³/mol. The third-order valence-electron chi connectivity index (χ3n) is 6.89. The van der Waals surface area contributed by atoms with E-state index in [1.165, 1.54) is 0 Å². The van der Waals surface area contributed by atoms with Gasteiger partial charge in [-0.05, 0) is 85.5 Å². The molecule has 1 heterocycles. The first-order valence-corrected chi connectivity index (χ1v) is 13.0. The number of rotatable bonds is 8. The van der Waals surface area contributed by atoms with Gasteiger partial charge in [0, 0.05) is 29.9 Å². The van der Waals surface area contributed by atoms with Gasteiger partial charge >= 0.3 is 0 Å². The molecule has 2 amide bonds. The number of nitrogens with zero attached hydrogens (tertiary/aromatic N) is 2. The minimum atomic E-state index is -0.404. The van der Waals surface area contributed by atoms with Crippen LogP contribution < -0.4 is 14.4 Å². The van der Waals surface area contributed by atoms with Crippen LogP contribution in [0.25, 0.3) is 0 Å². The third kappa shape index (κ3) is 5.44. The van der Waals surface area contributed by atoms with E-state index in [0.717, 1.165) is 23.1 Å². The second-order valence-corrected chi connectivity index (χ2v) is 9.74. The van der Waals surface area contributed by atoms with Gasteiger partial charge in [0.05, 0.1) is 25.7 Å². The van der Waals surface area contributed by atoms with E-state index in [1.54, 1.807) is 36.1 Å². The number of hydrogen-bond acceptors (Lipinski definition) is 4. The molecule has 1 aliphatic rings. The Hall–Kier alpha value is -3.51. The molecule has 0 fully saturated rings. The predicted octanol–water partition coefficient (Wildman–Crippen LogP) is 6.30. The molecule has 0 bridgehead atoms. The largest absolute Gasteiger partial charge is 0.493 e. The van der Waals surface area contributed by atoms with E-state index in [4.69, 9.17) is 21.1 Å². The summed E-state index contributed by atoms with van der Waals surface area (Å²) in [5.41, 5.74) is 4.07. The second-order valence-electron chi connectivity index (χ2n) is 9.30. The van der Waals surface area contributed by atoms with Crippen LogP contribution in [0.3, 0.4) is 0 Å². The molecule has 0 aliphatic carbocycles. The lowest BCUT2D eigenvalue weighted by atomic mass is 9.86. The number of carbonyl (C=O) groups excluding carboxylic acids is 2. The zero-order valence-corrected chi connectivity index (χ0v) is 22.7. The van der Waals surface area contributed by atoms with Crippen molar-refractivity contribution in [3.8, 4) is 11.5 Å². The van der Waals surface area contributed by atoms with Crippen molar-refractivity contribution in [1.29, 1.82) is 0 Å². The Bertz CT molecular complexity index is 1270.